The molecule has 17 heavy (non-hydrogen) atoms. The molecule has 0 fully saturated rings. The van der Waals surface area contributed by atoms with Gasteiger partial charge in [-0.3, -0.25) is 9.59 Å². The van der Waals surface area contributed by atoms with E-state index in [0.717, 1.165) is 11.8 Å². The lowest BCUT2D eigenvalue weighted by atomic mass is 10.3. The van der Waals surface area contributed by atoms with E-state index in [-0.39, 0.29) is 17.7 Å². The number of carbonyl (C=O) groups is 2. The van der Waals surface area contributed by atoms with E-state index in [9.17, 15) is 9.59 Å². The zero-order chi connectivity index (χ0) is 13.0. The van der Waals surface area contributed by atoms with Crippen LogP contribution < -0.4 is 0 Å². The van der Waals surface area contributed by atoms with Crippen LogP contribution in [0.15, 0.2) is 17.6 Å². The Kier molecular flexibility index (Phi) is 4.56. The van der Waals surface area contributed by atoms with E-state index in [1.807, 2.05) is 0 Å². The summed E-state index contributed by atoms with van der Waals surface area (Å²) in [6.07, 6.45) is 3.24. The molecule has 0 saturated heterocycles. The third kappa shape index (κ3) is 3.48. The van der Waals surface area contributed by atoms with Gasteiger partial charge in [-0.1, -0.05) is 11.8 Å². The van der Waals surface area contributed by atoms with Gasteiger partial charge < -0.3 is 14.6 Å². The lowest BCUT2D eigenvalue weighted by Gasteiger charge is -2.19. The summed E-state index contributed by atoms with van der Waals surface area (Å²) in [4.78, 5) is 27.8. The number of aromatic nitrogens is 2. The van der Waals surface area contributed by atoms with Gasteiger partial charge in [0.15, 0.2) is 5.16 Å². The topological polar surface area (TPSA) is 75.4 Å². The molecular formula is C10H15N3O3S. The first-order chi connectivity index (χ1) is 7.93. The minimum Gasteiger partial charge on any atom is -0.481 e. The monoisotopic (exact) mass is 257 g/mol. The molecule has 1 aromatic rings. The summed E-state index contributed by atoms with van der Waals surface area (Å²) in [6.45, 7) is 1.76. The van der Waals surface area contributed by atoms with Gasteiger partial charge in [0, 0.05) is 26.5 Å². The highest BCUT2D eigenvalue weighted by Crippen LogP contribution is 2.20. The summed E-state index contributed by atoms with van der Waals surface area (Å²) in [5.41, 5.74) is 0. The van der Waals surface area contributed by atoms with Crippen LogP contribution in [0.2, 0.25) is 0 Å². The smallest absolute Gasteiger partial charge is 0.313 e. The van der Waals surface area contributed by atoms with E-state index in [1.165, 1.54) is 4.90 Å². The Hall–Kier alpha value is -1.50. The van der Waals surface area contributed by atoms with Crippen molar-refractivity contribution in [1.29, 1.82) is 0 Å². The first-order valence-corrected chi connectivity index (χ1v) is 6.00. The maximum absolute atomic E-state index is 11.8. The Balaban J connectivity index is 2.80. The average molecular weight is 257 g/mol. The Bertz CT molecular complexity index is 417. The summed E-state index contributed by atoms with van der Waals surface area (Å²) in [5.74, 6) is -1.03. The van der Waals surface area contributed by atoms with Crippen molar-refractivity contribution < 1.29 is 14.7 Å². The highest BCUT2D eigenvalue weighted by Gasteiger charge is 2.19. The second-order valence-corrected chi connectivity index (χ2v) is 4.65. The Morgan fingerprint density at radius 2 is 2.24 bits per heavy atom. The number of imidazole rings is 1. The molecule has 0 bridgehead atoms. The Labute approximate surface area is 104 Å². The molecule has 1 unspecified atom stereocenters. The van der Waals surface area contributed by atoms with Crippen molar-refractivity contribution >= 4 is 23.6 Å². The number of aliphatic carboxylic acids is 1. The van der Waals surface area contributed by atoms with Crippen molar-refractivity contribution in [3.63, 3.8) is 0 Å². The standard InChI is InChI=1S/C10H15N3O3S/c1-7(9(16)12(2)3)13-5-4-11-10(13)17-6-8(14)15/h4-5,7H,6H2,1-3H3,(H,14,15). The van der Waals surface area contributed by atoms with Crippen molar-refractivity contribution in [3.8, 4) is 0 Å². The fourth-order valence-electron chi connectivity index (χ4n) is 1.32. The van der Waals surface area contributed by atoms with Gasteiger partial charge in [-0.15, -0.1) is 0 Å². The number of carboxylic acid groups (broad SMARTS) is 1. The molecule has 1 N–H and O–H groups in total. The van der Waals surface area contributed by atoms with Crippen LogP contribution in [0.25, 0.3) is 0 Å². The van der Waals surface area contributed by atoms with E-state index in [1.54, 1.807) is 38.0 Å². The van der Waals surface area contributed by atoms with Crippen molar-refractivity contribution in [2.75, 3.05) is 19.8 Å². The number of carboxylic acids is 1. The number of hydrogen-bond acceptors (Lipinski definition) is 4. The van der Waals surface area contributed by atoms with Crippen LogP contribution in [0, 0.1) is 0 Å². The number of nitrogens with zero attached hydrogens (tertiary/aromatic N) is 3. The van der Waals surface area contributed by atoms with Crippen LogP contribution in [0.1, 0.15) is 13.0 Å². The molecule has 94 valence electrons. The number of amides is 1. The van der Waals surface area contributed by atoms with Crippen LogP contribution in [0.5, 0.6) is 0 Å². The summed E-state index contributed by atoms with van der Waals surface area (Å²) in [7, 11) is 3.36. The zero-order valence-corrected chi connectivity index (χ0v) is 10.8. The quantitative estimate of drug-likeness (QED) is 0.786. The molecule has 1 amide bonds. The van der Waals surface area contributed by atoms with Gasteiger partial charge in [0.05, 0.1) is 5.75 Å². The molecule has 0 radical (unpaired) electrons. The van der Waals surface area contributed by atoms with Crippen molar-refractivity contribution in [2.24, 2.45) is 0 Å². The predicted octanol–water partition coefficient (Wildman–Crippen LogP) is 0.709. The maximum Gasteiger partial charge on any atom is 0.313 e. The first kappa shape index (κ1) is 13.6. The van der Waals surface area contributed by atoms with Crippen LogP contribution in [0.4, 0.5) is 0 Å². The molecule has 0 spiro atoms. The molecule has 1 aromatic heterocycles. The molecule has 0 aromatic carbocycles. The lowest BCUT2D eigenvalue weighted by molar-refractivity contribution is -0.134. The van der Waals surface area contributed by atoms with Crippen LogP contribution in [-0.4, -0.2) is 51.3 Å². The number of carbonyl (C=O) groups excluding carboxylic acids is 1. The molecular weight excluding hydrogens is 242 g/mol. The van der Waals surface area contributed by atoms with Crippen molar-refractivity contribution in [1.82, 2.24) is 14.5 Å². The summed E-state index contributed by atoms with van der Waals surface area (Å²) in [6, 6.07) is -0.385. The summed E-state index contributed by atoms with van der Waals surface area (Å²) >= 11 is 1.10. The van der Waals surface area contributed by atoms with E-state index in [4.69, 9.17) is 5.11 Å². The average Bonchev–Trinajstić information content (AvgIpc) is 2.72. The maximum atomic E-state index is 11.8. The number of rotatable bonds is 5. The molecule has 6 nitrogen and oxygen atoms in total. The highest BCUT2D eigenvalue weighted by atomic mass is 32.2. The molecule has 0 aliphatic carbocycles. The fourth-order valence-corrected chi connectivity index (χ4v) is 2.08. The number of hydrogen-bond donors (Lipinski definition) is 1. The van der Waals surface area contributed by atoms with Gasteiger partial charge in [-0.25, -0.2) is 4.98 Å². The van der Waals surface area contributed by atoms with Gasteiger partial charge in [-0.2, -0.15) is 0 Å². The third-order valence-corrected chi connectivity index (χ3v) is 3.14. The minimum absolute atomic E-state index is 0.0554. The lowest BCUT2D eigenvalue weighted by Crippen LogP contribution is -2.30. The third-order valence-electron chi connectivity index (χ3n) is 2.17. The highest BCUT2D eigenvalue weighted by molar-refractivity contribution is 7.99. The number of likely N-dealkylation sites (N-methyl/N-ethyl adjacent to an activating group) is 1. The normalized spacial score (nSPS) is 12.2. The van der Waals surface area contributed by atoms with Gasteiger partial charge in [-0.05, 0) is 6.92 Å². The van der Waals surface area contributed by atoms with Crippen LogP contribution >= 0.6 is 11.8 Å². The minimum atomic E-state index is -0.906. The van der Waals surface area contributed by atoms with E-state index in [0.29, 0.717) is 5.16 Å². The molecule has 7 heteroatoms. The second kappa shape index (κ2) is 5.72. The van der Waals surface area contributed by atoms with E-state index in [2.05, 4.69) is 4.98 Å². The molecule has 1 heterocycles. The van der Waals surface area contributed by atoms with Gasteiger partial charge >= 0.3 is 5.97 Å². The van der Waals surface area contributed by atoms with Gasteiger partial charge in [0.25, 0.3) is 0 Å². The van der Waals surface area contributed by atoms with Gasteiger partial charge in [0.2, 0.25) is 5.91 Å². The van der Waals surface area contributed by atoms with Crippen molar-refractivity contribution in [3.05, 3.63) is 12.4 Å². The van der Waals surface area contributed by atoms with E-state index >= 15 is 0 Å². The largest absolute Gasteiger partial charge is 0.481 e. The molecule has 0 aliphatic heterocycles. The Morgan fingerprint density at radius 1 is 1.59 bits per heavy atom. The van der Waals surface area contributed by atoms with Crippen LogP contribution in [0.3, 0.4) is 0 Å². The van der Waals surface area contributed by atoms with Crippen molar-refractivity contribution in [2.45, 2.75) is 18.1 Å². The SMILES string of the molecule is CC(C(=O)N(C)C)n1ccnc1SCC(=O)O. The van der Waals surface area contributed by atoms with Gasteiger partial charge in [0.1, 0.15) is 6.04 Å². The second-order valence-electron chi connectivity index (χ2n) is 3.71. The Morgan fingerprint density at radius 3 is 2.76 bits per heavy atom. The first-order valence-electron chi connectivity index (χ1n) is 5.02. The summed E-state index contributed by atoms with van der Waals surface area (Å²) in [5, 5.41) is 9.14. The number of thioether (sulfide) groups is 1. The molecule has 0 saturated carbocycles. The van der Waals surface area contributed by atoms with E-state index < -0.39 is 5.97 Å². The molecule has 1 rings (SSSR count). The molecule has 1 atom stereocenters. The summed E-state index contributed by atoms with van der Waals surface area (Å²) < 4.78 is 1.68. The zero-order valence-electron chi connectivity index (χ0n) is 9.95. The van der Waals surface area contributed by atoms with Crippen LogP contribution in [-0.2, 0) is 9.59 Å². The fraction of sp³-hybridized carbons (Fsp3) is 0.500. The molecule has 0 aliphatic rings. The predicted molar refractivity (Wildman–Crippen MR) is 64.0 cm³/mol.